The van der Waals surface area contributed by atoms with Crippen molar-refractivity contribution in [1.29, 1.82) is 0 Å². The summed E-state index contributed by atoms with van der Waals surface area (Å²) in [7, 11) is 7.66. The Morgan fingerprint density at radius 3 is 1.98 bits per heavy atom. The lowest BCUT2D eigenvalue weighted by Crippen LogP contribution is -2.60. The van der Waals surface area contributed by atoms with Gasteiger partial charge in [0.2, 0.25) is 17.7 Å². The number of amides is 5. The molecule has 9 atom stereocenters. The van der Waals surface area contributed by atoms with Crippen LogP contribution in [0.3, 0.4) is 0 Å². The van der Waals surface area contributed by atoms with E-state index in [1.54, 1.807) is 32.7 Å². The Morgan fingerprint density at radius 2 is 1.47 bits per heavy atom. The summed E-state index contributed by atoms with van der Waals surface area (Å²) >= 11 is 0. The molecule has 0 bridgehead atoms. The molecule has 0 spiro atoms. The normalized spacial score (nSPS) is 20.9. The van der Waals surface area contributed by atoms with Gasteiger partial charge in [-0.25, -0.2) is 4.79 Å². The van der Waals surface area contributed by atoms with Crippen molar-refractivity contribution in [2.75, 3.05) is 48.5 Å². The van der Waals surface area contributed by atoms with E-state index in [-0.39, 0.29) is 48.4 Å². The third-order valence-electron chi connectivity index (χ3n) is 10.5. The standard InChI is InChI=1S/C42H71N5O10/c1-15-27(6)34(46(10)40(51)32(25(2)3)45-38(49)33(26(4)5)47(11)41(52)57-42(7,8)9)29(53-12)23-31(48)44-24-30-35(54-13)36(55-14)37(56-30)39(50)43-22-21-28-19-17-16-18-20-28/h16-20,25-27,29-30,32-37H,15,21-24H2,1-14H3,(H,43,50)(H,44,48)(H,45,49)/t27-,29+,30+,32-,33-,34-,35+,36-,37-/m0/s1. The van der Waals surface area contributed by atoms with Gasteiger partial charge in [0.25, 0.3) is 5.91 Å². The van der Waals surface area contributed by atoms with Crippen LogP contribution in [0.4, 0.5) is 4.79 Å². The zero-order chi connectivity index (χ0) is 43.2. The first-order chi connectivity index (χ1) is 26.7. The summed E-state index contributed by atoms with van der Waals surface area (Å²) in [5, 5.41) is 8.76. The van der Waals surface area contributed by atoms with Crippen LogP contribution >= 0.6 is 0 Å². The Labute approximate surface area is 340 Å². The number of benzene rings is 1. The molecule has 5 amide bonds. The molecule has 1 aromatic rings. The Bertz CT molecular complexity index is 1440. The fourth-order valence-corrected chi connectivity index (χ4v) is 7.26. The second-order valence-electron chi connectivity index (χ2n) is 16.6. The van der Waals surface area contributed by atoms with E-state index in [0.717, 1.165) is 5.56 Å². The zero-order valence-corrected chi connectivity index (χ0v) is 36.8. The predicted molar refractivity (Wildman–Crippen MR) is 217 cm³/mol. The molecule has 57 heavy (non-hydrogen) atoms. The van der Waals surface area contributed by atoms with Crippen molar-refractivity contribution in [3.05, 3.63) is 35.9 Å². The van der Waals surface area contributed by atoms with Gasteiger partial charge in [0.1, 0.15) is 36.0 Å². The summed E-state index contributed by atoms with van der Waals surface area (Å²) in [5.41, 5.74) is 0.339. The van der Waals surface area contributed by atoms with Crippen molar-refractivity contribution in [1.82, 2.24) is 25.8 Å². The molecule has 15 nitrogen and oxygen atoms in total. The molecular weight excluding hydrogens is 734 g/mol. The Hall–Kier alpha value is -3.79. The molecule has 1 fully saturated rings. The summed E-state index contributed by atoms with van der Waals surface area (Å²) in [6, 6.07) is 7.44. The number of nitrogens with zero attached hydrogens (tertiary/aromatic N) is 2. The molecule has 2 rings (SSSR count). The highest BCUT2D eigenvalue weighted by Crippen LogP contribution is 2.27. The molecule has 15 heteroatoms. The first kappa shape index (κ1) is 49.4. The van der Waals surface area contributed by atoms with Crippen molar-refractivity contribution in [2.45, 2.75) is 136 Å². The third-order valence-corrected chi connectivity index (χ3v) is 10.5. The number of ether oxygens (including phenoxy) is 5. The van der Waals surface area contributed by atoms with Crippen molar-refractivity contribution in [3.8, 4) is 0 Å². The first-order valence-electron chi connectivity index (χ1n) is 20.1. The molecule has 1 aliphatic heterocycles. The average molecular weight is 806 g/mol. The molecule has 0 radical (unpaired) electrons. The molecule has 1 aliphatic rings. The molecule has 1 saturated heterocycles. The van der Waals surface area contributed by atoms with E-state index in [0.29, 0.717) is 19.4 Å². The van der Waals surface area contributed by atoms with Gasteiger partial charge in [0, 0.05) is 48.5 Å². The summed E-state index contributed by atoms with van der Waals surface area (Å²) in [6.45, 7) is 17.0. The third kappa shape index (κ3) is 14.2. The van der Waals surface area contributed by atoms with E-state index in [2.05, 4.69) is 16.0 Å². The second kappa shape index (κ2) is 23.0. The summed E-state index contributed by atoms with van der Waals surface area (Å²) in [5.74, 6) is -2.20. The Balaban J connectivity index is 2.17. The molecule has 0 aromatic heterocycles. The summed E-state index contributed by atoms with van der Waals surface area (Å²) in [4.78, 5) is 70.6. The van der Waals surface area contributed by atoms with Gasteiger partial charge >= 0.3 is 6.09 Å². The van der Waals surface area contributed by atoms with Gasteiger partial charge in [0.15, 0.2) is 6.10 Å². The number of carbonyl (C=O) groups excluding carboxylic acids is 5. The number of likely N-dealkylation sites (N-methyl/N-ethyl adjacent to an activating group) is 2. The lowest BCUT2D eigenvalue weighted by atomic mass is 9.89. The lowest BCUT2D eigenvalue weighted by molar-refractivity contribution is -0.145. The van der Waals surface area contributed by atoms with Crippen LogP contribution < -0.4 is 16.0 Å². The lowest BCUT2D eigenvalue weighted by Gasteiger charge is -2.40. The highest BCUT2D eigenvalue weighted by atomic mass is 16.6. The molecule has 324 valence electrons. The van der Waals surface area contributed by atoms with Crippen molar-refractivity contribution >= 4 is 29.7 Å². The number of nitrogens with one attached hydrogen (secondary N) is 3. The number of hydrogen-bond donors (Lipinski definition) is 3. The Kier molecular flexibility index (Phi) is 19.9. The maximum absolute atomic E-state index is 14.3. The fraction of sp³-hybridized carbons (Fsp3) is 0.738. The van der Waals surface area contributed by atoms with E-state index in [9.17, 15) is 24.0 Å². The number of hydrogen-bond acceptors (Lipinski definition) is 10. The van der Waals surface area contributed by atoms with Crippen LogP contribution in [0.25, 0.3) is 0 Å². The predicted octanol–water partition coefficient (Wildman–Crippen LogP) is 3.57. The van der Waals surface area contributed by atoms with Crippen LogP contribution in [0.1, 0.15) is 80.7 Å². The van der Waals surface area contributed by atoms with Gasteiger partial charge in [-0.1, -0.05) is 78.3 Å². The van der Waals surface area contributed by atoms with Crippen LogP contribution in [-0.2, 0) is 49.3 Å². The maximum atomic E-state index is 14.3. The minimum Gasteiger partial charge on any atom is -0.444 e. The molecule has 0 saturated carbocycles. The van der Waals surface area contributed by atoms with Crippen LogP contribution in [-0.4, -0.2) is 142 Å². The molecule has 3 N–H and O–H groups in total. The van der Waals surface area contributed by atoms with Crippen LogP contribution in [0, 0.1) is 17.8 Å². The van der Waals surface area contributed by atoms with Crippen LogP contribution in [0.5, 0.6) is 0 Å². The van der Waals surface area contributed by atoms with Gasteiger partial charge in [-0.2, -0.15) is 0 Å². The van der Waals surface area contributed by atoms with E-state index < -0.39 is 66.2 Å². The summed E-state index contributed by atoms with van der Waals surface area (Å²) < 4.78 is 28.9. The second-order valence-corrected chi connectivity index (χ2v) is 16.6. The number of carbonyl (C=O) groups is 5. The van der Waals surface area contributed by atoms with Gasteiger partial charge in [-0.15, -0.1) is 0 Å². The van der Waals surface area contributed by atoms with Crippen molar-refractivity contribution in [2.24, 2.45) is 17.8 Å². The largest absolute Gasteiger partial charge is 0.444 e. The van der Waals surface area contributed by atoms with Crippen molar-refractivity contribution < 1.29 is 47.7 Å². The van der Waals surface area contributed by atoms with E-state index >= 15 is 0 Å². The van der Waals surface area contributed by atoms with Crippen LogP contribution in [0.15, 0.2) is 30.3 Å². The molecule has 0 unspecified atom stereocenters. The quantitative estimate of drug-likeness (QED) is 0.167. The molecule has 1 heterocycles. The monoisotopic (exact) mass is 806 g/mol. The minimum atomic E-state index is -0.943. The molecule has 0 aliphatic carbocycles. The van der Waals surface area contributed by atoms with Crippen molar-refractivity contribution in [3.63, 3.8) is 0 Å². The van der Waals surface area contributed by atoms with E-state index in [1.807, 2.05) is 71.9 Å². The highest BCUT2D eigenvalue weighted by molar-refractivity contribution is 5.91. The van der Waals surface area contributed by atoms with Crippen LogP contribution in [0.2, 0.25) is 0 Å². The minimum absolute atomic E-state index is 0.0421. The van der Waals surface area contributed by atoms with Gasteiger partial charge in [0.05, 0.1) is 18.6 Å². The average Bonchev–Trinajstić information content (AvgIpc) is 3.52. The highest BCUT2D eigenvalue weighted by Gasteiger charge is 2.49. The SMILES string of the molecule is CC[C@H](C)[C@@H]([C@@H](CC(=O)NC[C@H]1O[C@H](C(=O)NCCc2ccccc2)[C@@H](OC)[C@@H]1OC)OC)N(C)C(=O)[C@@H](NC(=O)[C@H](C(C)C)N(C)C(=O)OC(C)(C)C)C(C)C. The van der Waals surface area contributed by atoms with Gasteiger partial charge < -0.3 is 44.5 Å². The zero-order valence-electron chi connectivity index (χ0n) is 36.8. The maximum Gasteiger partial charge on any atom is 0.410 e. The Morgan fingerprint density at radius 1 is 0.860 bits per heavy atom. The van der Waals surface area contributed by atoms with Gasteiger partial charge in [-0.05, 0) is 50.5 Å². The smallest absolute Gasteiger partial charge is 0.410 e. The van der Waals surface area contributed by atoms with E-state index in [4.69, 9.17) is 23.7 Å². The fourth-order valence-electron chi connectivity index (χ4n) is 7.26. The number of rotatable bonds is 21. The summed E-state index contributed by atoms with van der Waals surface area (Å²) in [6.07, 6.45) is -3.05. The number of methoxy groups -OCH3 is 3. The van der Waals surface area contributed by atoms with E-state index in [1.165, 1.54) is 33.3 Å². The van der Waals surface area contributed by atoms with Gasteiger partial charge in [-0.3, -0.25) is 24.1 Å². The molecule has 1 aromatic carbocycles. The topological polar surface area (TPSA) is 174 Å². The molecular formula is C42H71N5O10. The first-order valence-corrected chi connectivity index (χ1v) is 20.1.